The normalized spacial score (nSPS) is 12.9. The number of benzene rings is 2. The molecule has 0 aliphatic rings. The first-order chi connectivity index (χ1) is 12.0. The molecule has 0 radical (unpaired) electrons. The second-order valence-corrected chi connectivity index (χ2v) is 8.21. The van der Waals surface area contributed by atoms with Crippen molar-refractivity contribution in [3.05, 3.63) is 71.1 Å². The molecule has 0 saturated heterocycles. The summed E-state index contributed by atoms with van der Waals surface area (Å²) < 4.78 is 28.7. The van der Waals surface area contributed by atoms with Crippen LogP contribution >= 0.6 is 15.9 Å². The number of aromatic nitrogens is 2. The van der Waals surface area contributed by atoms with Crippen LogP contribution < -0.4 is 4.72 Å². The summed E-state index contributed by atoms with van der Waals surface area (Å²) in [4.78, 5) is 7.81. The summed E-state index contributed by atoms with van der Waals surface area (Å²) in [6.45, 7) is 1.92. The zero-order valence-corrected chi connectivity index (χ0v) is 16.0. The van der Waals surface area contributed by atoms with E-state index in [1.165, 1.54) is 0 Å². The van der Waals surface area contributed by atoms with Crippen molar-refractivity contribution in [2.24, 2.45) is 0 Å². The maximum absolute atomic E-state index is 12.6. The van der Waals surface area contributed by atoms with Crippen molar-refractivity contribution in [2.75, 3.05) is 0 Å². The zero-order valence-electron chi connectivity index (χ0n) is 13.6. The monoisotopic (exact) mass is 419 g/mol. The third kappa shape index (κ3) is 4.18. The van der Waals surface area contributed by atoms with E-state index >= 15 is 0 Å². The van der Waals surface area contributed by atoms with Gasteiger partial charge in [0.05, 0.1) is 22.8 Å². The molecule has 5 nitrogen and oxygen atoms in total. The third-order valence-electron chi connectivity index (χ3n) is 3.84. The van der Waals surface area contributed by atoms with Crippen LogP contribution in [0.25, 0.3) is 11.3 Å². The second kappa shape index (κ2) is 7.51. The highest BCUT2D eigenvalue weighted by molar-refractivity contribution is 9.10. The maximum Gasteiger partial charge on any atom is 0.241 e. The van der Waals surface area contributed by atoms with E-state index in [1.807, 2.05) is 37.3 Å². The summed E-state index contributed by atoms with van der Waals surface area (Å²) in [6, 6.07) is 15.9. The number of halogens is 1. The Kier molecular flexibility index (Phi) is 5.36. The minimum atomic E-state index is -3.62. The number of H-pyrrole nitrogens is 1. The molecule has 7 heteroatoms. The van der Waals surface area contributed by atoms with E-state index in [-0.39, 0.29) is 4.90 Å². The molecule has 130 valence electrons. The maximum atomic E-state index is 12.6. The van der Waals surface area contributed by atoms with Gasteiger partial charge in [-0.2, -0.15) is 0 Å². The SMILES string of the molecule is CCC(NS(=O)(=O)c1ccc(Br)cc1)c1ncc(-c2ccccc2)[nH]1. The minimum Gasteiger partial charge on any atom is -0.341 e. The molecule has 2 aromatic carbocycles. The zero-order chi connectivity index (χ0) is 17.9. The van der Waals surface area contributed by atoms with Gasteiger partial charge in [0.15, 0.2) is 0 Å². The Balaban J connectivity index is 1.83. The van der Waals surface area contributed by atoms with Crippen molar-refractivity contribution in [1.29, 1.82) is 0 Å². The summed E-state index contributed by atoms with van der Waals surface area (Å²) in [7, 11) is -3.62. The topological polar surface area (TPSA) is 74.8 Å². The van der Waals surface area contributed by atoms with Gasteiger partial charge in [-0.25, -0.2) is 18.1 Å². The van der Waals surface area contributed by atoms with Gasteiger partial charge in [-0.1, -0.05) is 53.2 Å². The lowest BCUT2D eigenvalue weighted by Gasteiger charge is -2.15. The number of aromatic amines is 1. The van der Waals surface area contributed by atoms with Gasteiger partial charge in [-0.05, 0) is 36.2 Å². The summed E-state index contributed by atoms with van der Waals surface area (Å²) in [5.41, 5.74) is 1.86. The van der Waals surface area contributed by atoms with Crippen molar-refractivity contribution in [3.63, 3.8) is 0 Å². The number of nitrogens with one attached hydrogen (secondary N) is 2. The van der Waals surface area contributed by atoms with E-state index in [9.17, 15) is 8.42 Å². The Labute approximate surface area is 155 Å². The smallest absolute Gasteiger partial charge is 0.241 e. The molecule has 0 bridgehead atoms. The largest absolute Gasteiger partial charge is 0.341 e. The van der Waals surface area contributed by atoms with Gasteiger partial charge in [0.2, 0.25) is 10.0 Å². The average molecular weight is 420 g/mol. The summed E-state index contributed by atoms with van der Waals surface area (Å²) in [5, 5.41) is 0. The highest BCUT2D eigenvalue weighted by Crippen LogP contribution is 2.23. The fourth-order valence-corrected chi connectivity index (χ4v) is 4.03. The van der Waals surface area contributed by atoms with Gasteiger partial charge < -0.3 is 4.98 Å². The van der Waals surface area contributed by atoms with Crippen LogP contribution in [0.2, 0.25) is 0 Å². The van der Waals surface area contributed by atoms with Gasteiger partial charge in [-0.15, -0.1) is 0 Å². The van der Waals surface area contributed by atoms with Crippen molar-refractivity contribution >= 4 is 26.0 Å². The van der Waals surface area contributed by atoms with E-state index in [1.54, 1.807) is 30.5 Å². The van der Waals surface area contributed by atoms with Crippen LogP contribution in [0, 0.1) is 0 Å². The molecule has 0 amide bonds. The molecule has 0 aliphatic heterocycles. The van der Waals surface area contributed by atoms with Crippen LogP contribution in [0.3, 0.4) is 0 Å². The lowest BCUT2D eigenvalue weighted by atomic mass is 10.2. The third-order valence-corrected chi connectivity index (χ3v) is 5.86. The van der Waals surface area contributed by atoms with Crippen molar-refractivity contribution in [1.82, 2.24) is 14.7 Å². The van der Waals surface area contributed by atoms with Gasteiger partial charge in [0, 0.05) is 4.47 Å². The molecule has 0 saturated carbocycles. The van der Waals surface area contributed by atoms with Gasteiger partial charge >= 0.3 is 0 Å². The quantitative estimate of drug-likeness (QED) is 0.626. The molecule has 3 aromatic rings. The molecule has 1 unspecified atom stereocenters. The summed E-state index contributed by atoms with van der Waals surface area (Å²) >= 11 is 3.31. The first-order valence-electron chi connectivity index (χ1n) is 7.88. The van der Waals surface area contributed by atoms with E-state index in [4.69, 9.17) is 0 Å². The predicted molar refractivity (Wildman–Crippen MR) is 102 cm³/mol. The summed E-state index contributed by atoms with van der Waals surface area (Å²) in [5.74, 6) is 0.599. The number of nitrogens with zero attached hydrogens (tertiary/aromatic N) is 1. The first-order valence-corrected chi connectivity index (χ1v) is 10.2. The molecule has 25 heavy (non-hydrogen) atoms. The van der Waals surface area contributed by atoms with Crippen LogP contribution in [0.15, 0.2) is 70.2 Å². The molecule has 0 aliphatic carbocycles. The van der Waals surface area contributed by atoms with E-state index in [2.05, 4.69) is 30.6 Å². The second-order valence-electron chi connectivity index (χ2n) is 5.58. The number of hydrogen-bond donors (Lipinski definition) is 2. The predicted octanol–water partition coefficient (Wildman–Crippen LogP) is 4.27. The van der Waals surface area contributed by atoms with Crippen LogP contribution in [-0.2, 0) is 10.0 Å². The van der Waals surface area contributed by atoms with Crippen molar-refractivity contribution in [3.8, 4) is 11.3 Å². The lowest BCUT2D eigenvalue weighted by Crippen LogP contribution is -2.29. The van der Waals surface area contributed by atoms with Gasteiger partial charge in [0.1, 0.15) is 5.82 Å². The minimum absolute atomic E-state index is 0.226. The molecular weight excluding hydrogens is 402 g/mol. The standard InChI is InChI=1S/C18H18BrN3O2S/c1-2-16(22-25(23,24)15-10-8-14(19)9-11-15)18-20-12-17(21-18)13-6-4-3-5-7-13/h3-12,16,22H,2H2,1H3,(H,20,21). The van der Waals surface area contributed by atoms with E-state index < -0.39 is 16.1 Å². The van der Waals surface area contributed by atoms with Crippen molar-refractivity contribution in [2.45, 2.75) is 24.3 Å². The highest BCUT2D eigenvalue weighted by atomic mass is 79.9. The van der Waals surface area contributed by atoms with Crippen LogP contribution in [0.1, 0.15) is 25.2 Å². The molecule has 1 atom stereocenters. The number of sulfonamides is 1. The van der Waals surface area contributed by atoms with E-state index in [0.717, 1.165) is 15.7 Å². The Morgan fingerprint density at radius 3 is 2.44 bits per heavy atom. The van der Waals surface area contributed by atoms with Gasteiger partial charge in [0.25, 0.3) is 0 Å². The number of imidazole rings is 1. The highest BCUT2D eigenvalue weighted by Gasteiger charge is 2.22. The fourth-order valence-electron chi connectivity index (χ4n) is 2.48. The van der Waals surface area contributed by atoms with Crippen LogP contribution in [0.5, 0.6) is 0 Å². The Bertz CT molecular complexity index is 938. The molecule has 1 aromatic heterocycles. The molecule has 0 fully saturated rings. The Morgan fingerprint density at radius 2 is 1.80 bits per heavy atom. The lowest BCUT2D eigenvalue weighted by molar-refractivity contribution is 0.539. The number of rotatable bonds is 6. The summed E-state index contributed by atoms with van der Waals surface area (Å²) in [6.07, 6.45) is 2.30. The van der Waals surface area contributed by atoms with E-state index in [0.29, 0.717) is 12.2 Å². The van der Waals surface area contributed by atoms with Crippen LogP contribution in [-0.4, -0.2) is 18.4 Å². The van der Waals surface area contributed by atoms with Crippen molar-refractivity contribution < 1.29 is 8.42 Å². The Morgan fingerprint density at radius 1 is 1.12 bits per heavy atom. The molecule has 2 N–H and O–H groups in total. The molecule has 1 heterocycles. The molecular formula is C18H18BrN3O2S. The first kappa shape index (κ1) is 17.8. The van der Waals surface area contributed by atoms with Gasteiger partial charge in [-0.3, -0.25) is 0 Å². The average Bonchev–Trinajstić information content (AvgIpc) is 3.11. The Hall–Kier alpha value is -1.96. The van der Waals surface area contributed by atoms with Crippen LogP contribution in [0.4, 0.5) is 0 Å². The molecule has 3 rings (SSSR count). The molecule has 0 spiro atoms. The fraction of sp³-hybridized carbons (Fsp3) is 0.167. The number of hydrogen-bond acceptors (Lipinski definition) is 3.